The maximum absolute atomic E-state index is 12.2. The number of rotatable bonds is 6. The molecule has 0 unspecified atom stereocenters. The lowest BCUT2D eigenvalue weighted by Crippen LogP contribution is -2.51. The lowest BCUT2D eigenvalue weighted by atomic mass is 10.1. The number of methoxy groups -OCH3 is 1. The van der Waals surface area contributed by atoms with Crippen LogP contribution < -0.4 is 25.4 Å². The number of nitrogens with one attached hydrogen (secondary N) is 3. The maximum atomic E-state index is 12.2. The van der Waals surface area contributed by atoms with Gasteiger partial charge in [0, 0.05) is 5.69 Å². The van der Waals surface area contributed by atoms with Gasteiger partial charge in [-0.25, -0.2) is 4.79 Å². The molecule has 10 heteroatoms. The fraction of sp³-hybridized carbons (Fsp3) is 0.143. The molecule has 0 spiro atoms. The molecule has 0 aliphatic carbocycles. The highest BCUT2D eigenvalue weighted by Gasteiger charge is 2.28. The Balaban J connectivity index is 1.76. The Kier molecular flexibility index (Phi) is 6.71. The molecule has 160 valence electrons. The number of carbonyl (C=O) groups is 4. The van der Waals surface area contributed by atoms with E-state index in [1.807, 2.05) is 35.8 Å². The van der Waals surface area contributed by atoms with E-state index < -0.39 is 17.8 Å². The zero-order valence-corrected chi connectivity index (χ0v) is 18.2. The summed E-state index contributed by atoms with van der Waals surface area (Å²) in [6.45, 7) is 1.65. The number of urea groups is 1. The van der Waals surface area contributed by atoms with Crippen LogP contribution >= 0.6 is 15.9 Å². The minimum atomic E-state index is -0.876. The molecule has 2 aromatic carbocycles. The standard InChI is InChI=1S/C21H18BrN3O6/c1-11-4-3-5-13(6-11)23-17(26)10-31-18-15(22)8-12(9-16(18)30-2)7-14-19(27)24-21(29)25-20(14)28/h3-9H,10H2,1-2H3,(H,23,26)(H2,24,25,27,28,29). The van der Waals surface area contributed by atoms with Crippen molar-refractivity contribution >= 4 is 51.4 Å². The molecule has 1 heterocycles. The van der Waals surface area contributed by atoms with E-state index in [9.17, 15) is 19.2 Å². The van der Waals surface area contributed by atoms with Crippen LogP contribution in [0, 0.1) is 6.92 Å². The van der Waals surface area contributed by atoms with Gasteiger partial charge in [-0.2, -0.15) is 0 Å². The van der Waals surface area contributed by atoms with Gasteiger partial charge in [-0.05, 0) is 64.3 Å². The summed E-state index contributed by atoms with van der Waals surface area (Å²) in [6.07, 6.45) is 1.30. The molecule has 1 aliphatic rings. The van der Waals surface area contributed by atoms with E-state index in [-0.39, 0.29) is 29.6 Å². The molecule has 0 atom stereocenters. The second-order valence-electron chi connectivity index (χ2n) is 6.54. The first-order valence-corrected chi connectivity index (χ1v) is 9.81. The third-order valence-corrected chi connectivity index (χ3v) is 4.74. The number of imide groups is 2. The highest BCUT2D eigenvalue weighted by Crippen LogP contribution is 2.37. The van der Waals surface area contributed by atoms with Gasteiger partial charge in [0.05, 0.1) is 11.6 Å². The Morgan fingerprint density at radius 3 is 2.48 bits per heavy atom. The molecular weight excluding hydrogens is 470 g/mol. The molecule has 31 heavy (non-hydrogen) atoms. The van der Waals surface area contributed by atoms with Gasteiger partial charge in [0.15, 0.2) is 18.1 Å². The van der Waals surface area contributed by atoms with Crippen LogP contribution in [0.2, 0.25) is 0 Å². The van der Waals surface area contributed by atoms with E-state index >= 15 is 0 Å². The maximum Gasteiger partial charge on any atom is 0.328 e. The Bertz CT molecular complexity index is 1090. The first-order chi connectivity index (χ1) is 14.8. The molecule has 0 radical (unpaired) electrons. The monoisotopic (exact) mass is 487 g/mol. The zero-order chi connectivity index (χ0) is 22.5. The molecule has 3 N–H and O–H groups in total. The molecular formula is C21H18BrN3O6. The smallest absolute Gasteiger partial charge is 0.328 e. The van der Waals surface area contributed by atoms with Gasteiger partial charge in [-0.15, -0.1) is 0 Å². The van der Waals surface area contributed by atoms with Crippen molar-refractivity contribution in [2.75, 3.05) is 19.0 Å². The Hall–Kier alpha value is -3.66. The summed E-state index contributed by atoms with van der Waals surface area (Å²) in [5.74, 6) is -1.42. The van der Waals surface area contributed by atoms with Crippen LogP contribution in [0.4, 0.5) is 10.5 Å². The highest BCUT2D eigenvalue weighted by atomic mass is 79.9. The van der Waals surface area contributed by atoms with Crippen LogP contribution in [0.15, 0.2) is 46.4 Å². The molecule has 9 nitrogen and oxygen atoms in total. The molecule has 2 aromatic rings. The van der Waals surface area contributed by atoms with Crippen LogP contribution in [-0.4, -0.2) is 37.5 Å². The van der Waals surface area contributed by atoms with Crippen LogP contribution in [0.25, 0.3) is 6.08 Å². The van der Waals surface area contributed by atoms with Crippen molar-refractivity contribution in [3.8, 4) is 11.5 Å². The first kappa shape index (κ1) is 22.0. The van der Waals surface area contributed by atoms with Crippen molar-refractivity contribution in [1.82, 2.24) is 10.6 Å². The molecule has 0 bridgehead atoms. The quantitative estimate of drug-likeness (QED) is 0.425. The van der Waals surface area contributed by atoms with E-state index in [4.69, 9.17) is 9.47 Å². The lowest BCUT2D eigenvalue weighted by Gasteiger charge is -2.16. The summed E-state index contributed by atoms with van der Waals surface area (Å²) < 4.78 is 11.4. The summed E-state index contributed by atoms with van der Waals surface area (Å²) in [6, 6.07) is 9.60. The Morgan fingerprint density at radius 2 is 1.84 bits per heavy atom. The summed E-state index contributed by atoms with van der Waals surface area (Å²) >= 11 is 3.35. The Labute approximate surface area is 185 Å². The van der Waals surface area contributed by atoms with Crippen molar-refractivity contribution in [3.05, 3.63) is 57.6 Å². The number of carbonyl (C=O) groups excluding carboxylic acids is 4. The number of ether oxygens (including phenoxy) is 2. The number of halogens is 1. The number of barbiturate groups is 1. The predicted octanol–water partition coefficient (Wildman–Crippen LogP) is 2.53. The minimum Gasteiger partial charge on any atom is -0.493 e. The van der Waals surface area contributed by atoms with Gasteiger partial charge in [0.25, 0.3) is 17.7 Å². The summed E-state index contributed by atoms with van der Waals surface area (Å²) in [5, 5.41) is 6.74. The summed E-state index contributed by atoms with van der Waals surface area (Å²) in [7, 11) is 1.41. The van der Waals surface area contributed by atoms with E-state index in [0.717, 1.165) is 5.56 Å². The fourth-order valence-electron chi connectivity index (χ4n) is 2.79. The third kappa shape index (κ3) is 5.48. The average Bonchev–Trinajstić information content (AvgIpc) is 2.69. The Morgan fingerprint density at radius 1 is 1.13 bits per heavy atom. The van der Waals surface area contributed by atoms with Crippen molar-refractivity contribution in [2.24, 2.45) is 0 Å². The number of aryl methyl sites for hydroxylation is 1. The van der Waals surface area contributed by atoms with Gasteiger partial charge in [0.1, 0.15) is 5.57 Å². The molecule has 5 amide bonds. The molecule has 1 saturated heterocycles. The molecule has 1 aliphatic heterocycles. The normalized spacial score (nSPS) is 13.3. The van der Waals surface area contributed by atoms with Crippen LogP contribution in [0.1, 0.15) is 11.1 Å². The predicted molar refractivity (Wildman–Crippen MR) is 116 cm³/mol. The largest absolute Gasteiger partial charge is 0.493 e. The van der Waals surface area contributed by atoms with Gasteiger partial charge in [0.2, 0.25) is 0 Å². The van der Waals surface area contributed by atoms with E-state index in [1.54, 1.807) is 12.1 Å². The molecule has 3 rings (SSSR count). The molecule has 0 saturated carbocycles. The van der Waals surface area contributed by atoms with Gasteiger partial charge >= 0.3 is 6.03 Å². The van der Waals surface area contributed by atoms with E-state index in [2.05, 4.69) is 21.2 Å². The number of benzene rings is 2. The summed E-state index contributed by atoms with van der Waals surface area (Å²) in [4.78, 5) is 47.2. The topological polar surface area (TPSA) is 123 Å². The van der Waals surface area contributed by atoms with Gasteiger partial charge in [-0.1, -0.05) is 12.1 Å². The number of anilines is 1. The SMILES string of the molecule is COc1cc(C=C2C(=O)NC(=O)NC2=O)cc(Br)c1OCC(=O)Nc1cccc(C)c1. The first-order valence-electron chi connectivity index (χ1n) is 9.02. The highest BCUT2D eigenvalue weighted by molar-refractivity contribution is 9.10. The number of amides is 5. The van der Waals surface area contributed by atoms with Crippen LogP contribution in [-0.2, 0) is 14.4 Å². The van der Waals surface area contributed by atoms with E-state index in [1.165, 1.54) is 19.3 Å². The number of hydrogen-bond acceptors (Lipinski definition) is 6. The van der Waals surface area contributed by atoms with Crippen molar-refractivity contribution < 1.29 is 28.7 Å². The number of hydrogen-bond donors (Lipinski definition) is 3. The van der Waals surface area contributed by atoms with Gasteiger partial charge < -0.3 is 14.8 Å². The third-order valence-electron chi connectivity index (χ3n) is 4.16. The second-order valence-corrected chi connectivity index (χ2v) is 7.39. The molecule has 0 aromatic heterocycles. The second kappa shape index (κ2) is 9.43. The zero-order valence-electron chi connectivity index (χ0n) is 16.6. The van der Waals surface area contributed by atoms with Gasteiger partial charge in [-0.3, -0.25) is 25.0 Å². The lowest BCUT2D eigenvalue weighted by molar-refractivity contribution is -0.124. The van der Waals surface area contributed by atoms with Crippen LogP contribution in [0.5, 0.6) is 11.5 Å². The summed E-state index contributed by atoms with van der Waals surface area (Å²) in [5.41, 5.74) is 1.87. The molecule has 1 fully saturated rings. The van der Waals surface area contributed by atoms with Crippen molar-refractivity contribution in [3.63, 3.8) is 0 Å². The van der Waals surface area contributed by atoms with Crippen LogP contribution in [0.3, 0.4) is 0 Å². The fourth-order valence-corrected chi connectivity index (χ4v) is 3.37. The average molecular weight is 488 g/mol. The van der Waals surface area contributed by atoms with E-state index in [0.29, 0.717) is 15.7 Å². The van der Waals surface area contributed by atoms with Crippen molar-refractivity contribution in [2.45, 2.75) is 6.92 Å². The van der Waals surface area contributed by atoms with Crippen molar-refractivity contribution in [1.29, 1.82) is 0 Å². The minimum absolute atomic E-state index is 0.236.